The molecule has 0 saturated carbocycles. The molecule has 3 heterocycles. The summed E-state index contributed by atoms with van der Waals surface area (Å²) in [5.74, 6) is 2.25. The number of nitriles is 1. The summed E-state index contributed by atoms with van der Waals surface area (Å²) >= 11 is 0. The number of anilines is 1. The second-order valence-electron chi connectivity index (χ2n) is 6.78. The summed E-state index contributed by atoms with van der Waals surface area (Å²) in [5, 5.41) is 9.24. The highest BCUT2D eigenvalue weighted by molar-refractivity contribution is 5.58. The van der Waals surface area contributed by atoms with Crippen LogP contribution in [-0.2, 0) is 0 Å². The molecule has 5 nitrogen and oxygen atoms in total. The molecule has 26 heavy (non-hydrogen) atoms. The van der Waals surface area contributed by atoms with Gasteiger partial charge in [0.05, 0.1) is 11.9 Å². The van der Waals surface area contributed by atoms with Crippen molar-refractivity contribution < 1.29 is 0 Å². The first-order valence-electron chi connectivity index (χ1n) is 8.97. The second-order valence-corrected chi connectivity index (χ2v) is 6.78. The first kappa shape index (κ1) is 16.3. The summed E-state index contributed by atoms with van der Waals surface area (Å²) in [6.07, 6.45) is 4.11. The van der Waals surface area contributed by atoms with Crippen molar-refractivity contribution in [2.75, 3.05) is 18.0 Å². The van der Waals surface area contributed by atoms with Gasteiger partial charge in [0.2, 0.25) is 0 Å². The fourth-order valence-electron chi connectivity index (χ4n) is 3.52. The Labute approximate surface area is 153 Å². The van der Waals surface area contributed by atoms with Crippen molar-refractivity contribution >= 4 is 5.82 Å². The van der Waals surface area contributed by atoms with Crippen molar-refractivity contribution in [3.05, 3.63) is 65.7 Å². The summed E-state index contributed by atoms with van der Waals surface area (Å²) in [5.41, 5.74) is 3.63. The van der Waals surface area contributed by atoms with Crippen LogP contribution in [0.25, 0.3) is 11.3 Å². The smallest absolute Gasteiger partial charge is 0.145 e. The molecule has 1 atom stereocenters. The number of piperidine rings is 1. The van der Waals surface area contributed by atoms with Gasteiger partial charge in [-0.1, -0.05) is 36.4 Å². The number of aromatic nitrogens is 3. The van der Waals surface area contributed by atoms with Gasteiger partial charge in [-0.2, -0.15) is 5.26 Å². The standard InChI is InChI=1S/C21H21N5/c1-15-9-10-20(24-18(15)12-22)26-11-5-8-17(14-26)21-23-13-19(25-21)16-6-3-2-4-7-16/h2-4,6-7,9-10,13,17H,5,8,11,14H2,1H3,(H,23,25). The van der Waals surface area contributed by atoms with Gasteiger partial charge in [-0.15, -0.1) is 0 Å². The second kappa shape index (κ2) is 7.01. The number of hydrogen-bond acceptors (Lipinski definition) is 4. The maximum absolute atomic E-state index is 9.24. The Morgan fingerprint density at radius 1 is 1.19 bits per heavy atom. The van der Waals surface area contributed by atoms with E-state index in [4.69, 9.17) is 0 Å². The molecular weight excluding hydrogens is 322 g/mol. The third kappa shape index (κ3) is 3.18. The Morgan fingerprint density at radius 3 is 2.85 bits per heavy atom. The molecule has 0 radical (unpaired) electrons. The van der Waals surface area contributed by atoms with E-state index in [2.05, 4.69) is 38.1 Å². The van der Waals surface area contributed by atoms with Crippen LogP contribution in [0.1, 0.15) is 35.8 Å². The van der Waals surface area contributed by atoms with Gasteiger partial charge in [0.1, 0.15) is 23.4 Å². The van der Waals surface area contributed by atoms with Crippen molar-refractivity contribution in [2.24, 2.45) is 0 Å². The lowest BCUT2D eigenvalue weighted by atomic mass is 9.97. The van der Waals surface area contributed by atoms with Crippen LogP contribution in [0.2, 0.25) is 0 Å². The fourth-order valence-corrected chi connectivity index (χ4v) is 3.52. The molecule has 0 spiro atoms. The minimum absolute atomic E-state index is 0.342. The summed E-state index contributed by atoms with van der Waals surface area (Å²) < 4.78 is 0. The summed E-state index contributed by atoms with van der Waals surface area (Å²) in [4.78, 5) is 14.9. The van der Waals surface area contributed by atoms with Crippen LogP contribution >= 0.6 is 0 Å². The fraction of sp³-hybridized carbons (Fsp3) is 0.286. The van der Waals surface area contributed by atoms with Crippen LogP contribution < -0.4 is 4.90 Å². The molecule has 0 amide bonds. The van der Waals surface area contributed by atoms with Crippen molar-refractivity contribution in [2.45, 2.75) is 25.7 Å². The zero-order chi connectivity index (χ0) is 17.9. The van der Waals surface area contributed by atoms with E-state index in [1.165, 1.54) is 0 Å². The largest absolute Gasteiger partial charge is 0.356 e. The highest BCUT2D eigenvalue weighted by Crippen LogP contribution is 2.29. The molecule has 1 aliphatic rings. The Kier molecular flexibility index (Phi) is 4.40. The first-order chi connectivity index (χ1) is 12.7. The predicted octanol–water partition coefficient (Wildman–Crippen LogP) is 4.04. The Balaban J connectivity index is 1.54. The molecular formula is C21H21N5. The Bertz CT molecular complexity index is 939. The molecule has 4 rings (SSSR count). The average molecular weight is 343 g/mol. The zero-order valence-electron chi connectivity index (χ0n) is 14.8. The quantitative estimate of drug-likeness (QED) is 0.779. The van der Waals surface area contributed by atoms with Crippen LogP contribution in [0.3, 0.4) is 0 Å². The lowest BCUT2D eigenvalue weighted by molar-refractivity contribution is 0.491. The number of aromatic amines is 1. The molecule has 3 aromatic rings. The maximum Gasteiger partial charge on any atom is 0.145 e. The van der Waals surface area contributed by atoms with Gasteiger partial charge in [0.15, 0.2) is 0 Å². The highest BCUT2D eigenvalue weighted by atomic mass is 15.2. The van der Waals surface area contributed by atoms with Crippen LogP contribution in [0.5, 0.6) is 0 Å². The van der Waals surface area contributed by atoms with Gasteiger partial charge >= 0.3 is 0 Å². The molecule has 1 N–H and O–H groups in total. The van der Waals surface area contributed by atoms with E-state index in [0.29, 0.717) is 11.6 Å². The average Bonchev–Trinajstić information content (AvgIpc) is 3.19. The monoisotopic (exact) mass is 343 g/mol. The third-order valence-corrected chi connectivity index (χ3v) is 5.00. The van der Waals surface area contributed by atoms with E-state index in [1.54, 1.807) is 0 Å². The topological polar surface area (TPSA) is 68.6 Å². The van der Waals surface area contributed by atoms with Crippen molar-refractivity contribution in [1.29, 1.82) is 5.26 Å². The first-order valence-corrected chi connectivity index (χ1v) is 8.97. The maximum atomic E-state index is 9.24. The molecule has 1 saturated heterocycles. The number of pyridine rings is 1. The molecule has 0 bridgehead atoms. The molecule has 1 fully saturated rings. The Morgan fingerprint density at radius 2 is 2.04 bits per heavy atom. The number of nitrogens with zero attached hydrogens (tertiary/aromatic N) is 4. The van der Waals surface area contributed by atoms with Crippen LogP contribution in [0, 0.1) is 18.3 Å². The lowest BCUT2D eigenvalue weighted by Gasteiger charge is -2.32. The van der Waals surface area contributed by atoms with E-state index >= 15 is 0 Å². The summed E-state index contributed by atoms with van der Waals surface area (Å²) in [6, 6.07) is 16.4. The van der Waals surface area contributed by atoms with E-state index in [-0.39, 0.29) is 0 Å². The number of nitrogens with one attached hydrogen (secondary N) is 1. The Hall–Kier alpha value is -3.13. The van der Waals surface area contributed by atoms with Crippen molar-refractivity contribution in [3.8, 4) is 17.3 Å². The molecule has 0 aliphatic carbocycles. The van der Waals surface area contributed by atoms with Crippen LogP contribution in [-0.4, -0.2) is 28.0 Å². The minimum Gasteiger partial charge on any atom is -0.356 e. The van der Waals surface area contributed by atoms with Gasteiger partial charge < -0.3 is 9.88 Å². The zero-order valence-corrected chi connectivity index (χ0v) is 14.8. The van der Waals surface area contributed by atoms with Crippen molar-refractivity contribution in [1.82, 2.24) is 15.0 Å². The van der Waals surface area contributed by atoms with E-state index < -0.39 is 0 Å². The molecule has 1 aliphatic heterocycles. The third-order valence-electron chi connectivity index (χ3n) is 5.00. The van der Waals surface area contributed by atoms with Gasteiger partial charge in [0.25, 0.3) is 0 Å². The van der Waals surface area contributed by atoms with E-state index in [0.717, 1.165) is 54.4 Å². The number of aryl methyl sites for hydroxylation is 1. The SMILES string of the molecule is Cc1ccc(N2CCCC(c3ncc(-c4ccccc4)[nH]3)C2)nc1C#N. The van der Waals surface area contributed by atoms with Gasteiger partial charge in [-0.3, -0.25) is 0 Å². The number of imidazole rings is 1. The normalized spacial score (nSPS) is 17.1. The lowest BCUT2D eigenvalue weighted by Crippen LogP contribution is -2.35. The minimum atomic E-state index is 0.342. The predicted molar refractivity (Wildman–Crippen MR) is 102 cm³/mol. The number of rotatable bonds is 3. The highest BCUT2D eigenvalue weighted by Gasteiger charge is 2.25. The summed E-state index contributed by atoms with van der Waals surface area (Å²) in [6.45, 7) is 3.74. The van der Waals surface area contributed by atoms with Gasteiger partial charge in [-0.05, 0) is 37.0 Å². The van der Waals surface area contributed by atoms with E-state index in [1.807, 2.05) is 43.5 Å². The van der Waals surface area contributed by atoms with Crippen LogP contribution in [0.4, 0.5) is 5.82 Å². The number of hydrogen-bond donors (Lipinski definition) is 1. The molecule has 5 heteroatoms. The van der Waals surface area contributed by atoms with Crippen molar-refractivity contribution in [3.63, 3.8) is 0 Å². The van der Waals surface area contributed by atoms with Gasteiger partial charge in [0, 0.05) is 19.0 Å². The van der Waals surface area contributed by atoms with E-state index in [9.17, 15) is 5.26 Å². The molecule has 2 aromatic heterocycles. The molecule has 1 aromatic carbocycles. The van der Waals surface area contributed by atoms with Gasteiger partial charge in [-0.25, -0.2) is 9.97 Å². The molecule has 130 valence electrons. The summed E-state index contributed by atoms with van der Waals surface area (Å²) in [7, 11) is 0. The van der Waals surface area contributed by atoms with Crippen LogP contribution in [0.15, 0.2) is 48.7 Å². The number of H-pyrrole nitrogens is 1. The molecule has 1 unspecified atom stereocenters. The number of benzene rings is 1.